The van der Waals surface area contributed by atoms with E-state index in [2.05, 4.69) is 20.9 Å². The summed E-state index contributed by atoms with van der Waals surface area (Å²) in [5.41, 5.74) is 1.05. The number of amides is 1. The molecule has 8 heteroatoms. The van der Waals surface area contributed by atoms with Crippen molar-refractivity contribution < 1.29 is 9.90 Å². The van der Waals surface area contributed by atoms with E-state index in [9.17, 15) is 9.90 Å². The van der Waals surface area contributed by atoms with Crippen LogP contribution in [-0.4, -0.2) is 45.6 Å². The number of nitrogens with one attached hydrogen (secondary N) is 2. The van der Waals surface area contributed by atoms with Crippen molar-refractivity contribution in [3.63, 3.8) is 0 Å². The number of benzene rings is 1. The third kappa shape index (κ3) is 4.53. The molecule has 1 aromatic carbocycles. The Labute approximate surface area is 146 Å². The Morgan fingerprint density at radius 3 is 2.75 bits per heavy atom. The molecule has 2 heterocycles. The standard InChI is InChI=1S/C16H21N5O2.ClH/c22-15(12-4-2-1-3-5-12)10-18-16(23)14-11-21(20-19-14)13-6-8-17-9-7-13;/h1-5,11,13,15,17,22H,6-10H2,(H,18,23);1H. The number of aromatic nitrogens is 3. The van der Waals surface area contributed by atoms with E-state index in [0.717, 1.165) is 31.5 Å². The van der Waals surface area contributed by atoms with Crippen molar-refractivity contribution >= 4 is 18.3 Å². The number of carbonyl (C=O) groups excluding carboxylic acids is 1. The fraction of sp³-hybridized carbons (Fsp3) is 0.438. The SMILES string of the molecule is Cl.O=C(NCC(O)c1ccccc1)c1cn(C2CCNCC2)nn1. The molecular weight excluding hydrogens is 330 g/mol. The van der Waals surface area contributed by atoms with E-state index in [1.54, 1.807) is 10.9 Å². The molecule has 1 amide bonds. The van der Waals surface area contributed by atoms with Crippen LogP contribution < -0.4 is 10.6 Å². The highest BCUT2D eigenvalue weighted by Crippen LogP contribution is 2.17. The van der Waals surface area contributed by atoms with Crippen LogP contribution in [0.2, 0.25) is 0 Å². The second-order valence-electron chi connectivity index (χ2n) is 5.70. The molecule has 3 N–H and O–H groups in total. The highest BCUT2D eigenvalue weighted by Gasteiger charge is 2.19. The van der Waals surface area contributed by atoms with E-state index in [0.29, 0.717) is 6.04 Å². The van der Waals surface area contributed by atoms with Gasteiger partial charge in [0.25, 0.3) is 5.91 Å². The van der Waals surface area contributed by atoms with Crippen LogP contribution in [0.1, 0.15) is 41.0 Å². The van der Waals surface area contributed by atoms with Gasteiger partial charge in [0.2, 0.25) is 0 Å². The minimum atomic E-state index is -0.736. The van der Waals surface area contributed by atoms with Crippen molar-refractivity contribution in [2.45, 2.75) is 25.0 Å². The lowest BCUT2D eigenvalue weighted by molar-refractivity contribution is 0.0911. The molecule has 3 rings (SSSR count). The minimum Gasteiger partial charge on any atom is -0.387 e. The van der Waals surface area contributed by atoms with Crippen LogP contribution in [0.5, 0.6) is 0 Å². The number of halogens is 1. The van der Waals surface area contributed by atoms with Gasteiger partial charge in [-0.3, -0.25) is 4.79 Å². The van der Waals surface area contributed by atoms with Crippen molar-refractivity contribution in [2.24, 2.45) is 0 Å². The summed E-state index contributed by atoms with van der Waals surface area (Å²) in [7, 11) is 0. The molecule has 7 nitrogen and oxygen atoms in total. The molecule has 2 aromatic rings. The predicted molar refractivity (Wildman–Crippen MR) is 92.1 cm³/mol. The van der Waals surface area contributed by atoms with Gasteiger partial charge in [0.05, 0.1) is 18.3 Å². The van der Waals surface area contributed by atoms with Gasteiger partial charge in [-0.1, -0.05) is 35.5 Å². The summed E-state index contributed by atoms with van der Waals surface area (Å²) in [6.45, 7) is 2.05. The number of carbonyl (C=O) groups is 1. The molecule has 1 unspecified atom stereocenters. The van der Waals surface area contributed by atoms with Crippen LogP contribution in [0, 0.1) is 0 Å². The van der Waals surface area contributed by atoms with Crippen molar-refractivity contribution in [3.05, 3.63) is 47.8 Å². The molecule has 0 saturated carbocycles. The van der Waals surface area contributed by atoms with Crippen molar-refractivity contribution in [1.29, 1.82) is 0 Å². The zero-order valence-corrected chi connectivity index (χ0v) is 14.1. The van der Waals surface area contributed by atoms with Crippen LogP contribution in [0.4, 0.5) is 0 Å². The number of aliphatic hydroxyl groups excluding tert-OH is 1. The van der Waals surface area contributed by atoms with E-state index in [1.165, 1.54) is 0 Å². The summed E-state index contributed by atoms with van der Waals surface area (Å²) in [5, 5.41) is 24.1. The van der Waals surface area contributed by atoms with E-state index in [-0.39, 0.29) is 30.6 Å². The number of piperidine rings is 1. The molecular formula is C16H22ClN5O2. The Morgan fingerprint density at radius 1 is 1.33 bits per heavy atom. The van der Waals surface area contributed by atoms with Crippen molar-refractivity contribution in [1.82, 2.24) is 25.6 Å². The lowest BCUT2D eigenvalue weighted by atomic mass is 10.1. The van der Waals surface area contributed by atoms with Gasteiger partial charge in [-0.25, -0.2) is 4.68 Å². The normalized spacial score (nSPS) is 16.2. The van der Waals surface area contributed by atoms with E-state index >= 15 is 0 Å². The molecule has 1 fully saturated rings. The zero-order valence-electron chi connectivity index (χ0n) is 13.3. The Hall–Kier alpha value is -1.96. The van der Waals surface area contributed by atoms with E-state index < -0.39 is 6.10 Å². The maximum Gasteiger partial charge on any atom is 0.273 e. The van der Waals surface area contributed by atoms with E-state index in [1.807, 2.05) is 30.3 Å². The number of hydrogen-bond donors (Lipinski definition) is 3. The van der Waals surface area contributed by atoms with Crippen molar-refractivity contribution in [3.8, 4) is 0 Å². The van der Waals surface area contributed by atoms with E-state index in [4.69, 9.17) is 0 Å². The topological polar surface area (TPSA) is 92.1 Å². The zero-order chi connectivity index (χ0) is 16.1. The molecule has 1 atom stereocenters. The van der Waals surface area contributed by atoms with Crippen LogP contribution >= 0.6 is 12.4 Å². The molecule has 1 saturated heterocycles. The van der Waals surface area contributed by atoms with Crippen molar-refractivity contribution in [2.75, 3.05) is 19.6 Å². The summed E-state index contributed by atoms with van der Waals surface area (Å²) in [6, 6.07) is 9.53. The smallest absolute Gasteiger partial charge is 0.273 e. The molecule has 1 aromatic heterocycles. The minimum absolute atomic E-state index is 0. The Kier molecular flexibility index (Phi) is 6.72. The Morgan fingerprint density at radius 2 is 2.04 bits per heavy atom. The molecule has 130 valence electrons. The average Bonchev–Trinajstić information content (AvgIpc) is 3.11. The van der Waals surface area contributed by atoms with Gasteiger partial charge in [0.1, 0.15) is 0 Å². The van der Waals surface area contributed by atoms with Gasteiger partial charge in [-0.05, 0) is 31.5 Å². The first kappa shape index (κ1) is 18.4. The van der Waals surface area contributed by atoms with Crippen LogP contribution in [0.3, 0.4) is 0 Å². The summed E-state index contributed by atoms with van der Waals surface area (Å²) in [6.07, 6.45) is 2.91. The molecule has 1 aliphatic heterocycles. The molecule has 0 spiro atoms. The third-order valence-electron chi connectivity index (χ3n) is 4.07. The lowest BCUT2D eigenvalue weighted by Crippen LogP contribution is -2.30. The average molecular weight is 352 g/mol. The summed E-state index contributed by atoms with van der Waals surface area (Å²) in [5.74, 6) is -0.319. The summed E-state index contributed by atoms with van der Waals surface area (Å²) >= 11 is 0. The van der Waals surface area contributed by atoms with Crippen LogP contribution in [0.25, 0.3) is 0 Å². The van der Waals surface area contributed by atoms with Crippen LogP contribution in [0.15, 0.2) is 36.5 Å². The quantitative estimate of drug-likeness (QED) is 0.750. The first-order valence-corrected chi connectivity index (χ1v) is 7.88. The van der Waals surface area contributed by atoms with Gasteiger partial charge in [-0.2, -0.15) is 0 Å². The molecule has 0 aliphatic carbocycles. The monoisotopic (exact) mass is 351 g/mol. The third-order valence-corrected chi connectivity index (χ3v) is 4.07. The second kappa shape index (κ2) is 8.77. The highest BCUT2D eigenvalue weighted by molar-refractivity contribution is 5.91. The second-order valence-corrected chi connectivity index (χ2v) is 5.70. The number of aliphatic hydroxyl groups is 1. The first-order valence-electron chi connectivity index (χ1n) is 7.88. The predicted octanol–water partition coefficient (Wildman–Crippen LogP) is 1.09. The van der Waals surface area contributed by atoms with Gasteiger partial charge < -0.3 is 15.7 Å². The summed E-state index contributed by atoms with van der Waals surface area (Å²) in [4.78, 5) is 12.1. The first-order chi connectivity index (χ1) is 11.2. The van der Waals surface area contributed by atoms with Gasteiger partial charge in [-0.15, -0.1) is 17.5 Å². The van der Waals surface area contributed by atoms with Crippen LogP contribution in [-0.2, 0) is 0 Å². The number of hydrogen-bond acceptors (Lipinski definition) is 5. The molecule has 1 aliphatic rings. The van der Waals surface area contributed by atoms with Gasteiger partial charge in [0.15, 0.2) is 5.69 Å². The Balaban J connectivity index is 0.00000208. The highest BCUT2D eigenvalue weighted by atomic mass is 35.5. The maximum absolute atomic E-state index is 12.1. The van der Waals surface area contributed by atoms with Gasteiger partial charge >= 0.3 is 0 Å². The maximum atomic E-state index is 12.1. The molecule has 0 radical (unpaired) electrons. The molecule has 24 heavy (non-hydrogen) atoms. The number of rotatable bonds is 5. The number of nitrogens with zero attached hydrogens (tertiary/aromatic N) is 3. The molecule has 0 bridgehead atoms. The fourth-order valence-corrected chi connectivity index (χ4v) is 2.70. The largest absolute Gasteiger partial charge is 0.387 e. The lowest BCUT2D eigenvalue weighted by Gasteiger charge is -2.22. The summed E-state index contributed by atoms with van der Waals surface area (Å²) < 4.78 is 1.77. The van der Waals surface area contributed by atoms with Gasteiger partial charge in [0, 0.05) is 6.54 Å². The Bertz CT molecular complexity index is 643. The fourth-order valence-electron chi connectivity index (χ4n) is 2.70.